The van der Waals surface area contributed by atoms with Crippen LogP contribution in [-0.2, 0) is 6.42 Å². The molecule has 0 aliphatic rings. The molecule has 0 saturated heterocycles. The van der Waals surface area contributed by atoms with Gasteiger partial charge in [-0.3, -0.25) is 4.90 Å². The zero-order chi connectivity index (χ0) is 11.3. The molecule has 1 rings (SSSR count). The van der Waals surface area contributed by atoms with Crippen LogP contribution >= 0.6 is 0 Å². The summed E-state index contributed by atoms with van der Waals surface area (Å²) in [5, 5.41) is 0. The second kappa shape index (κ2) is 5.47. The summed E-state index contributed by atoms with van der Waals surface area (Å²) in [6, 6.07) is 9.40. The Hall–Kier alpha value is -1.26. The largest absolute Gasteiger partial charge is 0.292 e. The molecule has 0 unspecified atom stereocenters. The van der Waals surface area contributed by atoms with E-state index in [2.05, 4.69) is 5.92 Å². The lowest BCUT2D eigenvalue weighted by molar-refractivity contribution is 0.287. The molecular formula is C13H17N. The van der Waals surface area contributed by atoms with Crippen molar-refractivity contribution in [2.45, 2.75) is 19.4 Å². The van der Waals surface area contributed by atoms with Crippen LogP contribution in [0.25, 0.3) is 0 Å². The molecule has 0 spiro atoms. The molecule has 0 radical (unpaired) electrons. The van der Waals surface area contributed by atoms with Gasteiger partial charge in [-0.05, 0) is 26.0 Å². The van der Waals surface area contributed by atoms with Crippen LogP contribution in [-0.4, -0.2) is 24.5 Å². The van der Waals surface area contributed by atoms with E-state index in [9.17, 15) is 0 Å². The molecule has 0 aromatic heterocycles. The van der Waals surface area contributed by atoms with Crippen molar-refractivity contribution >= 4 is 0 Å². The summed E-state index contributed by atoms with van der Waals surface area (Å²) in [7, 11) is 1.88. The van der Waals surface area contributed by atoms with Gasteiger partial charge in [0.15, 0.2) is 0 Å². The van der Waals surface area contributed by atoms with Crippen LogP contribution in [0.4, 0.5) is 0 Å². The predicted octanol–water partition coefficient (Wildman–Crippen LogP) is 2.18. The number of rotatable bonds is 4. The van der Waals surface area contributed by atoms with Crippen molar-refractivity contribution in [1.29, 1.82) is 0 Å². The first-order chi connectivity index (χ1) is 7.06. The molecule has 0 aliphatic carbocycles. The monoisotopic (exact) mass is 188 g/mol. The van der Waals surface area contributed by atoms with Gasteiger partial charge < -0.3 is 0 Å². The Morgan fingerprint density at radius 2 is 2.14 bits per heavy atom. The number of hydrogen-bond donors (Lipinski definition) is 0. The maximum absolute atomic E-state index is 8.20. The third-order valence-corrected chi connectivity index (χ3v) is 2.28. The van der Waals surface area contributed by atoms with Gasteiger partial charge in [-0.25, -0.2) is 0 Å². The minimum atomic E-state index is -0.645. The fraction of sp³-hybridized carbons (Fsp3) is 0.385. The van der Waals surface area contributed by atoms with Gasteiger partial charge in [0, 0.05) is 7.39 Å². The van der Waals surface area contributed by atoms with Crippen molar-refractivity contribution in [1.82, 2.24) is 4.90 Å². The molecular weight excluding hydrogens is 170 g/mol. The molecule has 1 nitrogen and oxygen atoms in total. The summed E-state index contributed by atoms with van der Waals surface area (Å²) in [6.45, 7) is 2.39. The Morgan fingerprint density at radius 3 is 2.71 bits per heavy atom. The maximum Gasteiger partial charge on any atom is 0.0598 e. The van der Waals surface area contributed by atoms with Gasteiger partial charge in [-0.15, -0.1) is 6.42 Å². The van der Waals surface area contributed by atoms with Crippen LogP contribution < -0.4 is 0 Å². The van der Waals surface area contributed by atoms with Crippen molar-refractivity contribution in [2.75, 3.05) is 13.6 Å². The molecule has 74 valence electrons. The van der Waals surface area contributed by atoms with Crippen molar-refractivity contribution in [3.05, 3.63) is 35.9 Å². The zero-order valence-corrected chi connectivity index (χ0v) is 8.83. The average Bonchev–Trinajstić information content (AvgIpc) is 2.19. The summed E-state index contributed by atoms with van der Waals surface area (Å²) in [4.78, 5) is 1.88. The molecule has 1 atom stereocenters. The standard InChI is InChI=1S/C13H17N/c1-4-10-14(3)12(2)11-13-8-6-5-7-9-13/h1,5-9,12H,10-11H2,2-3H3/t12-/m1/s1/i12D. The van der Waals surface area contributed by atoms with Gasteiger partial charge >= 0.3 is 0 Å². The number of benzene rings is 1. The highest BCUT2D eigenvalue weighted by Gasteiger charge is 2.07. The minimum absolute atomic E-state index is 0.507. The van der Waals surface area contributed by atoms with Crippen molar-refractivity contribution in [2.24, 2.45) is 0 Å². The Labute approximate surface area is 88.2 Å². The van der Waals surface area contributed by atoms with E-state index in [0.29, 0.717) is 13.0 Å². The summed E-state index contributed by atoms with van der Waals surface area (Å²) in [5.41, 5.74) is 1.17. The van der Waals surface area contributed by atoms with E-state index in [1.807, 2.05) is 49.2 Å². The smallest absolute Gasteiger partial charge is 0.0598 e. The van der Waals surface area contributed by atoms with Crippen LogP contribution in [0.3, 0.4) is 0 Å². The second-order valence-electron chi connectivity index (χ2n) is 3.46. The Kier molecular flexibility index (Phi) is 3.63. The Morgan fingerprint density at radius 1 is 1.50 bits per heavy atom. The molecule has 0 N–H and O–H groups in total. The summed E-state index contributed by atoms with van der Waals surface area (Å²) >= 11 is 0. The third-order valence-electron chi connectivity index (χ3n) is 2.28. The third kappa shape index (κ3) is 3.24. The molecule has 0 heterocycles. The van der Waals surface area contributed by atoms with E-state index in [1.165, 1.54) is 5.56 Å². The Bertz CT molecular complexity index is 337. The molecule has 0 saturated carbocycles. The first-order valence-electron chi connectivity index (χ1n) is 5.25. The van der Waals surface area contributed by atoms with Crippen molar-refractivity contribution < 1.29 is 1.37 Å². The highest BCUT2D eigenvalue weighted by molar-refractivity contribution is 5.15. The zero-order valence-electron chi connectivity index (χ0n) is 9.83. The average molecular weight is 188 g/mol. The summed E-state index contributed by atoms with van der Waals surface area (Å²) < 4.78 is 8.20. The summed E-state index contributed by atoms with van der Waals surface area (Å²) in [6.07, 6.45) is 5.93. The van der Waals surface area contributed by atoms with Gasteiger partial charge in [-0.2, -0.15) is 0 Å². The van der Waals surface area contributed by atoms with E-state index in [-0.39, 0.29) is 0 Å². The molecule has 0 bridgehead atoms. The first kappa shape index (κ1) is 9.30. The maximum atomic E-state index is 8.20. The van der Waals surface area contributed by atoms with E-state index >= 15 is 0 Å². The van der Waals surface area contributed by atoms with Gasteiger partial charge in [0.05, 0.1) is 6.54 Å². The fourth-order valence-corrected chi connectivity index (χ4v) is 1.30. The number of terminal acetylenes is 1. The SMILES string of the molecule is [2H][C@@](C)(Cc1ccccc1)N(C)CC#C. The van der Waals surface area contributed by atoms with E-state index < -0.39 is 6.02 Å². The van der Waals surface area contributed by atoms with E-state index in [1.54, 1.807) is 0 Å². The van der Waals surface area contributed by atoms with E-state index in [4.69, 9.17) is 7.79 Å². The number of hydrogen-bond acceptors (Lipinski definition) is 1. The number of likely N-dealkylation sites (N-methyl/N-ethyl adjacent to an activating group) is 1. The molecule has 0 amide bonds. The lowest BCUT2D eigenvalue weighted by Crippen LogP contribution is -2.31. The Balaban J connectivity index is 2.68. The summed E-state index contributed by atoms with van der Waals surface area (Å²) in [5.74, 6) is 2.57. The predicted molar refractivity (Wildman–Crippen MR) is 61.1 cm³/mol. The lowest BCUT2D eigenvalue weighted by Gasteiger charge is -2.22. The van der Waals surface area contributed by atoms with Crippen molar-refractivity contribution in [3.63, 3.8) is 0 Å². The van der Waals surface area contributed by atoms with Gasteiger partial charge in [0.2, 0.25) is 0 Å². The lowest BCUT2D eigenvalue weighted by atomic mass is 10.1. The van der Waals surface area contributed by atoms with Crippen molar-refractivity contribution in [3.8, 4) is 12.3 Å². The molecule has 1 aromatic rings. The molecule has 1 heteroatoms. The normalized spacial score (nSPS) is 15.7. The fourth-order valence-electron chi connectivity index (χ4n) is 1.30. The quantitative estimate of drug-likeness (QED) is 0.655. The number of nitrogens with zero attached hydrogens (tertiary/aromatic N) is 1. The van der Waals surface area contributed by atoms with Crippen LogP contribution in [0, 0.1) is 12.3 Å². The van der Waals surface area contributed by atoms with E-state index in [0.717, 1.165) is 0 Å². The van der Waals surface area contributed by atoms with Gasteiger partial charge in [0.25, 0.3) is 0 Å². The highest BCUT2D eigenvalue weighted by atomic mass is 15.1. The van der Waals surface area contributed by atoms with Crippen LogP contribution in [0.15, 0.2) is 30.3 Å². The van der Waals surface area contributed by atoms with Gasteiger partial charge in [0.1, 0.15) is 0 Å². The topological polar surface area (TPSA) is 3.24 Å². The van der Waals surface area contributed by atoms with Gasteiger partial charge in [-0.1, -0.05) is 36.3 Å². The van der Waals surface area contributed by atoms with Crippen LogP contribution in [0.5, 0.6) is 0 Å². The van der Waals surface area contributed by atoms with Crippen LogP contribution in [0.1, 0.15) is 13.9 Å². The van der Waals surface area contributed by atoms with Crippen LogP contribution in [0.2, 0.25) is 0 Å². The molecule has 14 heavy (non-hydrogen) atoms. The highest BCUT2D eigenvalue weighted by Crippen LogP contribution is 2.06. The molecule has 0 aliphatic heterocycles. The molecule has 0 fully saturated rings. The minimum Gasteiger partial charge on any atom is -0.292 e. The molecule has 1 aromatic carbocycles. The first-order valence-corrected chi connectivity index (χ1v) is 4.75. The second-order valence-corrected chi connectivity index (χ2v) is 3.46.